The highest BCUT2D eigenvalue weighted by Crippen LogP contribution is 2.18. The molecular weight excluding hydrogens is 192 g/mol. The van der Waals surface area contributed by atoms with Crippen molar-refractivity contribution in [3.05, 3.63) is 0 Å². The van der Waals surface area contributed by atoms with E-state index >= 15 is 0 Å². The van der Waals surface area contributed by atoms with E-state index in [1.807, 2.05) is 6.92 Å². The van der Waals surface area contributed by atoms with Crippen LogP contribution in [0.1, 0.15) is 39.5 Å². The summed E-state index contributed by atoms with van der Waals surface area (Å²) in [5.41, 5.74) is -0.768. The zero-order chi connectivity index (χ0) is 11.1. The van der Waals surface area contributed by atoms with E-state index in [9.17, 15) is 5.11 Å². The van der Waals surface area contributed by atoms with Crippen molar-refractivity contribution in [3.63, 3.8) is 0 Å². The van der Waals surface area contributed by atoms with E-state index in [0.29, 0.717) is 25.6 Å². The molecule has 3 heteroatoms. The van der Waals surface area contributed by atoms with E-state index in [2.05, 4.69) is 6.92 Å². The maximum atomic E-state index is 10.00. The molecule has 1 saturated heterocycles. The fraction of sp³-hybridized carbons (Fsp3) is 1.00. The number of ether oxygens (including phenoxy) is 2. The lowest BCUT2D eigenvalue weighted by Crippen LogP contribution is -2.42. The van der Waals surface area contributed by atoms with Crippen LogP contribution in [0.2, 0.25) is 0 Å². The van der Waals surface area contributed by atoms with Crippen molar-refractivity contribution in [1.29, 1.82) is 0 Å². The highest BCUT2D eigenvalue weighted by molar-refractivity contribution is 4.77. The second-order valence-electron chi connectivity index (χ2n) is 4.62. The van der Waals surface area contributed by atoms with Crippen LogP contribution < -0.4 is 0 Å². The molecule has 1 aliphatic heterocycles. The fourth-order valence-corrected chi connectivity index (χ4v) is 1.78. The first-order valence-electron chi connectivity index (χ1n) is 6.08. The molecule has 0 aromatic carbocycles. The number of unbranched alkanes of at least 4 members (excludes halogenated alkanes) is 1. The molecule has 0 radical (unpaired) electrons. The Morgan fingerprint density at radius 2 is 1.80 bits per heavy atom. The van der Waals surface area contributed by atoms with Crippen molar-refractivity contribution in [1.82, 2.24) is 0 Å². The van der Waals surface area contributed by atoms with E-state index in [1.54, 1.807) is 0 Å². The molecule has 0 atom stereocenters. The normalized spacial score (nSPS) is 33.4. The van der Waals surface area contributed by atoms with E-state index in [-0.39, 0.29) is 0 Å². The first-order valence-corrected chi connectivity index (χ1v) is 6.08. The molecule has 0 spiro atoms. The van der Waals surface area contributed by atoms with Crippen LogP contribution in [-0.4, -0.2) is 37.1 Å². The number of aliphatic hydroxyl groups is 1. The van der Waals surface area contributed by atoms with E-state index in [4.69, 9.17) is 9.47 Å². The van der Waals surface area contributed by atoms with Gasteiger partial charge in [0.05, 0.1) is 26.4 Å². The summed E-state index contributed by atoms with van der Waals surface area (Å²) in [6, 6.07) is 0. The number of hydrogen-bond acceptors (Lipinski definition) is 3. The van der Waals surface area contributed by atoms with Crippen LogP contribution in [-0.2, 0) is 9.47 Å². The van der Waals surface area contributed by atoms with Crippen LogP contribution in [0.3, 0.4) is 0 Å². The van der Waals surface area contributed by atoms with Crippen LogP contribution in [0.25, 0.3) is 0 Å². The monoisotopic (exact) mass is 216 g/mol. The fourth-order valence-electron chi connectivity index (χ4n) is 1.78. The van der Waals surface area contributed by atoms with Crippen LogP contribution in [0.15, 0.2) is 0 Å². The zero-order valence-corrected chi connectivity index (χ0v) is 10.00. The summed E-state index contributed by atoms with van der Waals surface area (Å²) in [4.78, 5) is 0. The Balaban J connectivity index is 2.30. The lowest BCUT2D eigenvalue weighted by molar-refractivity contribution is -0.131. The quantitative estimate of drug-likeness (QED) is 0.781. The molecule has 0 aromatic heterocycles. The minimum Gasteiger partial charge on any atom is -0.385 e. The van der Waals surface area contributed by atoms with Gasteiger partial charge in [-0.2, -0.15) is 0 Å². The lowest BCUT2D eigenvalue weighted by Gasteiger charge is -2.31. The van der Waals surface area contributed by atoms with Crippen molar-refractivity contribution in [2.75, 3.05) is 26.4 Å². The maximum absolute atomic E-state index is 10.00. The van der Waals surface area contributed by atoms with Crippen molar-refractivity contribution in [2.45, 2.75) is 45.1 Å². The summed E-state index contributed by atoms with van der Waals surface area (Å²) in [6.07, 6.45) is 4.30. The molecule has 1 rings (SSSR count). The molecule has 0 saturated carbocycles. The minimum atomic E-state index is -0.768. The van der Waals surface area contributed by atoms with Gasteiger partial charge in [0.2, 0.25) is 0 Å². The molecule has 3 nitrogen and oxygen atoms in total. The standard InChI is InChI=1S/C12H24O3/c1-3-5-6-11-7-14-9-12(13,4-2)10-15-8-11/h11,13H,3-10H2,1-2H3. The largest absolute Gasteiger partial charge is 0.385 e. The van der Waals surface area contributed by atoms with Crippen molar-refractivity contribution >= 4 is 0 Å². The topological polar surface area (TPSA) is 38.7 Å². The van der Waals surface area contributed by atoms with Gasteiger partial charge in [0.25, 0.3) is 0 Å². The van der Waals surface area contributed by atoms with Crippen molar-refractivity contribution in [2.24, 2.45) is 5.92 Å². The van der Waals surface area contributed by atoms with Crippen LogP contribution in [0.4, 0.5) is 0 Å². The number of rotatable bonds is 4. The summed E-state index contributed by atoms with van der Waals surface area (Å²) in [6.45, 7) is 6.42. The summed E-state index contributed by atoms with van der Waals surface area (Å²) in [7, 11) is 0. The average Bonchev–Trinajstić information content (AvgIpc) is 2.22. The Morgan fingerprint density at radius 1 is 1.20 bits per heavy atom. The van der Waals surface area contributed by atoms with Gasteiger partial charge in [-0.3, -0.25) is 0 Å². The van der Waals surface area contributed by atoms with Crippen molar-refractivity contribution < 1.29 is 14.6 Å². The van der Waals surface area contributed by atoms with Gasteiger partial charge in [-0.15, -0.1) is 0 Å². The molecule has 0 unspecified atom stereocenters. The van der Waals surface area contributed by atoms with E-state index in [0.717, 1.165) is 13.2 Å². The third kappa shape index (κ3) is 4.49. The van der Waals surface area contributed by atoms with Gasteiger partial charge in [0.15, 0.2) is 0 Å². The predicted octanol–water partition coefficient (Wildman–Crippen LogP) is 1.98. The summed E-state index contributed by atoms with van der Waals surface area (Å²) >= 11 is 0. The van der Waals surface area contributed by atoms with Gasteiger partial charge >= 0.3 is 0 Å². The van der Waals surface area contributed by atoms with Gasteiger partial charge in [0, 0.05) is 5.92 Å². The van der Waals surface area contributed by atoms with Crippen LogP contribution in [0, 0.1) is 5.92 Å². The first kappa shape index (κ1) is 12.9. The Labute approximate surface area is 92.8 Å². The van der Waals surface area contributed by atoms with E-state index < -0.39 is 5.60 Å². The predicted molar refractivity (Wildman–Crippen MR) is 59.9 cm³/mol. The van der Waals surface area contributed by atoms with Gasteiger partial charge in [0.1, 0.15) is 5.60 Å². The van der Waals surface area contributed by atoms with Gasteiger partial charge < -0.3 is 14.6 Å². The SMILES string of the molecule is CCCCC1COCC(O)(CC)COC1. The molecular formula is C12H24O3. The molecule has 1 heterocycles. The molecule has 1 fully saturated rings. The van der Waals surface area contributed by atoms with Gasteiger partial charge in [-0.05, 0) is 12.8 Å². The average molecular weight is 216 g/mol. The Morgan fingerprint density at radius 3 is 2.27 bits per heavy atom. The zero-order valence-electron chi connectivity index (χ0n) is 10.00. The van der Waals surface area contributed by atoms with Crippen LogP contribution in [0.5, 0.6) is 0 Å². The summed E-state index contributed by atoms with van der Waals surface area (Å²) in [5, 5.41) is 10.00. The molecule has 0 amide bonds. The molecule has 1 N–H and O–H groups in total. The molecule has 0 aromatic rings. The Bertz CT molecular complexity index is 160. The Kier molecular flexibility index (Phi) is 5.58. The summed E-state index contributed by atoms with van der Waals surface area (Å²) in [5.74, 6) is 0.506. The molecule has 0 bridgehead atoms. The van der Waals surface area contributed by atoms with Crippen molar-refractivity contribution in [3.8, 4) is 0 Å². The maximum Gasteiger partial charge on any atom is 0.111 e. The third-order valence-corrected chi connectivity index (χ3v) is 3.07. The molecule has 15 heavy (non-hydrogen) atoms. The molecule has 1 aliphatic rings. The highest BCUT2D eigenvalue weighted by atomic mass is 16.5. The smallest absolute Gasteiger partial charge is 0.111 e. The van der Waals surface area contributed by atoms with E-state index in [1.165, 1.54) is 19.3 Å². The third-order valence-electron chi connectivity index (χ3n) is 3.07. The second-order valence-corrected chi connectivity index (χ2v) is 4.62. The number of hydrogen-bond donors (Lipinski definition) is 1. The van der Waals surface area contributed by atoms with Gasteiger partial charge in [-0.25, -0.2) is 0 Å². The summed E-state index contributed by atoms with van der Waals surface area (Å²) < 4.78 is 11.1. The highest BCUT2D eigenvalue weighted by Gasteiger charge is 2.28. The lowest BCUT2D eigenvalue weighted by atomic mass is 10.0. The Hall–Kier alpha value is -0.120. The minimum absolute atomic E-state index is 0.409. The van der Waals surface area contributed by atoms with Crippen LogP contribution >= 0.6 is 0 Å². The first-order chi connectivity index (χ1) is 7.20. The van der Waals surface area contributed by atoms with Gasteiger partial charge in [-0.1, -0.05) is 26.7 Å². The second kappa shape index (κ2) is 6.46. The molecule has 90 valence electrons. The molecule has 0 aliphatic carbocycles.